The number of nitrogens with one attached hydrogen (secondary N) is 10. The van der Waals surface area contributed by atoms with E-state index in [1.807, 2.05) is 0 Å². The molecule has 0 rings (SSSR count). The number of hydrogen-bond acceptors (Lipinski definition) is 22. The number of aliphatic hydroxyl groups excluding tert-OH is 2. The van der Waals surface area contributed by atoms with E-state index in [9.17, 15) is 63.0 Å². The molecule has 0 aromatic carbocycles. The third-order valence-corrected chi connectivity index (χ3v) is 13.2. The summed E-state index contributed by atoms with van der Waals surface area (Å²) in [5.74, 6) is -8.45. The Bertz CT molecular complexity index is 2300. The number of amides is 10. The maximum absolute atomic E-state index is 14.2. The quantitative estimate of drug-likeness (QED) is 0.0153. The summed E-state index contributed by atoms with van der Waals surface area (Å²) in [6, 6.07) is -13.4. The summed E-state index contributed by atoms with van der Waals surface area (Å²) in [4.78, 5) is 149. The van der Waals surface area contributed by atoms with E-state index in [1.54, 1.807) is 27.7 Å². The maximum Gasteiger partial charge on any atom is 1.00 e. The van der Waals surface area contributed by atoms with Crippen LogP contribution in [0, 0.1) is 17.8 Å². The summed E-state index contributed by atoms with van der Waals surface area (Å²) in [6.45, 7) is 14.5. The summed E-state index contributed by atoms with van der Waals surface area (Å²) in [7, 11) is -3.92. The zero-order valence-electron chi connectivity index (χ0n) is 54.1. The summed E-state index contributed by atoms with van der Waals surface area (Å²) in [6.07, 6.45) is 0.882. The fourth-order valence-electron chi connectivity index (χ4n) is 8.67. The molecule has 0 aliphatic heterocycles. The number of nitrogens with two attached hydrogens (primary N) is 6. The molecule has 32 nitrogen and oxygen atoms in total. The van der Waals surface area contributed by atoms with E-state index < -0.39 is 142 Å². The first kappa shape index (κ1) is 88.2. The van der Waals surface area contributed by atoms with Gasteiger partial charge in [-0.25, -0.2) is 8.42 Å². The van der Waals surface area contributed by atoms with Crippen LogP contribution in [0.5, 0.6) is 0 Å². The molecule has 0 saturated heterocycles. The van der Waals surface area contributed by atoms with Crippen LogP contribution in [-0.4, -0.2) is 206 Å². The Morgan fingerprint density at radius 3 is 0.876 bits per heavy atom. The predicted octanol–water partition coefficient (Wildman–Crippen LogP) is -8.86. The predicted molar refractivity (Wildman–Crippen MR) is 328 cm³/mol. The molecule has 34 heteroatoms. The molecule has 0 aromatic heterocycles. The first-order valence-electron chi connectivity index (χ1n) is 30.0. The van der Waals surface area contributed by atoms with E-state index in [4.69, 9.17) is 47.4 Å². The number of ketones is 1. The first-order chi connectivity index (χ1) is 41.0. The molecule has 0 radical (unpaired) electrons. The normalized spacial score (nSPS) is 15.3. The van der Waals surface area contributed by atoms with Crippen LogP contribution < -0.4 is 117 Å². The van der Waals surface area contributed by atoms with Gasteiger partial charge in [-0.3, -0.25) is 52.7 Å². The monoisotopic (exact) mass is 1300 g/mol. The van der Waals surface area contributed by atoms with Crippen molar-refractivity contribution in [1.82, 2.24) is 53.2 Å². The van der Waals surface area contributed by atoms with Crippen LogP contribution >= 0.6 is 0 Å². The molecule has 0 unspecified atom stereocenters. The Balaban J connectivity index is -0.0000118. The van der Waals surface area contributed by atoms with Gasteiger partial charge >= 0.3 is 29.6 Å². The molecule has 10 amide bonds. The molecule has 89 heavy (non-hydrogen) atoms. The smallest absolute Gasteiger partial charge is 0.748 e. The van der Waals surface area contributed by atoms with Crippen molar-refractivity contribution < 1.29 is 105 Å². The largest absolute Gasteiger partial charge is 1.00 e. The third-order valence-electron chi connectivity index (χ3n) is 13.2. The SMILES string of the molecule is CC(=O)[C@@H](NC(=O)[C@H](CCN)NC(=O)[C@H](CCN)NC(=O)[C@H](CC(C)C)NC(=O)[C@@H](CC(C)C)NC(=O)[C@H](CCN)NC(=O)[C@H](CCN)NC(=O)[C@H](CCN)NC(=O)[C@@H](NC(=O)[C@H](CCN)NC(=O)CCCCCC(C)C)[C@@H](C)O)[C@@H](C)O.CS(=O)(=O)[O-].[Na+]. The molecule has 0 aliphatic rings. The second-order valence-corrected chi connectivity index (χ2v) is 24.4. The third kappa shape index (κ3) is 39.7. The van der Waals surface area contributed by atoms with Crippen LogP contribution in [0.25, 0.3) is 0 Å². The van der Waals surface area contributed by atoms with Gasteiger partial charge in [0.15, 0.2) is 5.78 Å². The molecule has 0 bridgehead atoms. The number of Topliss-reactive ketones (excluding diaryl/α,β-unsaturated/α-hetero) is 1. The van der Waals surface area contributed by atoms with Gasteiger partial charge in [0.05, 0.1) is 22.3 Å². The molecule has 0 spiro atoms. The van der Waals surface area contributed by atoms with Crippen molar-refractivity contribution in [3.63, 3.8) is 0 Å². The van der Waals surface area contributed by atoms with Crippen LogP contribution in [0.2, 0.25) is 0 Å². The van der Waals surface area contributed by atoms with E-state index in [-0.39, 0.29) is 144 Å². The molecule has 0 saturated carbocycles. The zero-order valence-corrected chi connectivity index (χ0v) is 56.9. The molecule has 0 aliphatic carbocycles. The number of unbranched alkanes of at least 4 members (excludes halogenated alkanes) is 2. The Morgan fingerprint density at radius 2 is 0.618 bits per heavy atom. The van der Waals surface area contributed by atoms with Crippen molar-refractivity contribution in [3.8, 4) is 0 Å². The van der Waals surface area contributed by atoms with Crippen molar-refractivity contribution in [2.24, 2.45) is 52.2 Å². The van der Waals surface area contributed by atoms with Crippen molar-refractivity contribution in [1.29, 1.82) is 0 Å². The molecular formula is C55H107N16NaO16S. The second-order valence-electron chi connectivity index (χ2n) is 23.0. The van der Waals surface area contributed by atoms with Gasteiger partial charge in [0.2, 0.25) is 59.1 Å². The number of aliphatic hydroxyl groups is 2. The Hall–Kier alpha value is -5.04. The molecule has 0 heterocycles. The average Bonchev–Trinajstić information content (AvgIpc) is 3.56. The first-order valence-corrected chi connectivity index (χ1v) is 31.8. The summed E-state index contributed by atoms with van der Waals surface area (Å²) < 4.78 is 27.2. The van der Waals surface area contributed by atoms with Gasteiger partial charge in [0.25, 0.3) is 0 Å². The van der Waals surface area contributed by atoms with E-state index >= 15 is 0 Å². The van der Waals surface area contributed by atoms with Crippen LogP contribution in [0.4, 0.5) is 0 Å². The average molecular weight is 1300 g/mol. The molecule has 510 valence electrons. The van der Waals surface area contributed by atoms with E-state index in [0.29, 0.717) is 18.6 Å². The van der Waals surface area contributed by atoms with Gasteiger partial charge in [0.1, 0.15) is 60.4 Å². The van der Waals surface area contributed by atoms with Gasteiger partial charge < -0.3 is 102 Å². The molecular weight excluding hydrogens is 1200 g/mol. The van der Waals surface area contributed by atoms with E-state index in [2.05, 4.69) is 67.0 Å². The second kappa shape index (κ2) is 47.8. The molecule has 0 aromatic rings. The standard InChI is InChI=1S/C54H104N16O13.CH4O3S.Na/c1-29(2)13-11-10-12-14-43(74)61-35(15-21-55)50(79)70-45(34(9)73)54(83)66-39(19-25-59)48(77)62-36(16-22-56)46(75)63-38(18-24-58)49(78)67-42(28-31(5)6)53(82)68-41(27-30(3)4)52(81)65-37(17-23-57)47(76)64-40(20-26-60)51(80)69-44(32(7)71)33(8)72;1-5(2,3)4;/h29-32,34-42,44-45,71,73H,10-28,55-60H2,1-9H3,(H,61,74)(H,62,77)(H,63,75)(H,64,76)(H,65,81)(H,66,83)(H,67,78)(H,68,82)(H,69,80)(H,70,79);1H3,(H,2,3,4);/q;;+1/p-1/t32-,34-,35+,36+,37+,38+,39+,40+,41+,42-,44+,45+;;/m1../s1. The summed E-state index contributed by atoms with van der Waals surface area (Å²) in [5.41, 5.74) is 34.8. The van der Waals surface area contributed by atoms with Gasteiger partial charge in [-0.2, -0.15) is 0 Å². The van der Waals surface area contributed by atoms with Crippen LogP contribution in [0.15, 0.2) is 0 Å². The summed E-state index contributed by atoms with van der Waals surface area (Å²) in [5, 5.41) is 46.2. The minimum Gasteiger partial charge on any atom is -0.748 e. The van der Waals surface area contributed by atoms with Crippen LogP contribution in [0.3, 0.4) is 0 Å². The van der Waals surface area contributed by atoms with E-state index in [0.717, 1.165) is 19.3 Å². The number of rotatable bonds is 44. The Morgan fingerprint density at radius 1 is 0.371 bits per heavy atom. The Labute approximate surface area is 546 Å². The van der Waals surface area contributed by atoms with Gasteiger partial charge in [-0.05, 0) is 136 Å². The Kier molecular flexibility index (Phi) is 47.4. The maximum atomic E-state index is 14.2. The number of carbonyl (C=O) groups is 11. The fraction of sp³-hybridized carbons (Fsp3) is 0.800. The zero-order chi connectivity index (χ0) is 68.0. The van der Waals surface area contributed by atoms with Crippen LogP contribution in [-0.2, 0) is 62.9 Å². The van der Waals surface area contributed by atoms with Crippen molar-refractivity contribution in [2.45, 2.75) is 218 Å². The van der Waals surface area contributed by atoms with Gasteiger partial charge in [-0.1, -0.05) is 60.8 Å². The number of carbonyl (C=O) groups excluding carboxylic acids is 11. The molecule has 12 atom stereocenters. The van der Waals surface area contributed by atoms with Gasteiger partial charge in [-0.15, -0.1) is 0 Å². The fourth-order valence-corrected chi connectivity index (χ4v) is 8.67. The van der Waals surface area contributed by atoms with E-state index in [1.165, 1.54) is 20.8 Å². The molecule has 24 N–H and O–H groups in total. The van der Waals surface area contributed by atoms with Crippen LogP contribution in [0.1, 0.15) is 146 Å². The molecule has 0 fully saturated rings. The van der Waals surface area contributed by atoms with Gasteiger partial charge in [0, 0.05) is 12.7 Å². The number of hydrogen-bond donors (Lipinski definition) is 18. The minimum absolute atomic E-state index is 0. The summed E-state index contributed by atoms with van der Waals surface area (Å²) >= 11 is 0. The van der Waals surface area contributed by atoms with Crippen molar-refractivity contribution in [3.05, 3.63) is 0 Å². The topological polar surface area (TPSA) is 562 Å². The van der Waals surface area contributed by atoms with Crippen molar-refractivity contribution >= 4 is 75.0 Å². The minimum atomic E-state index is -3.92. The van der Waals surface area contributed by atoms with Crippen molar-refractivity contribution in [2.75, 3.05) is 45.5 Å².